The molecule has 0 fully saturated rings. The van der Waals surface area contributed by atoms with Gasteiger partial charge in [-0.15, -0.1) is 11.3 Å². The minimum Gasteiger partial charge on any atom is -0.384 e. The van der Waals surface area contributed by atoms with Crippen LogP contribution in [0.3, 0.4) is 0 Å². The van der Waals surface area contributed by atoms with Crippen LogP contribution < -0.4 is 0 Å². The summed E-state index contributed by atoms with van der Waals surface area (Å²) >= 11 is 1.34. The molecule has 1 aromatic carbocycles. The van der Waals surface area contributed by atoms with Crippen molar-refractivity contribution in [3.05, 3.63) is 57.8 Å². The van der Waals surface area contributed by atoms with E-state index in [1.165, 1.54) is 11.3 Å². The van der Waals surface area contributed by atoms with Crippen molar-refractivity contribution in [1.29, 1.82) is 0 Å². The third kappa shape index (κ3) is 3.70. The van der Waals surface area contributed by atoms with Crippen molar-refractivity contribution in [2.75, 3.05) is 13.7 Å². The molecule has 0 aliphatic rings. The molecule has 2 aromatic rings. The Labute approximate surface area is 122 Å². The van der Waals surface area contributed by atoms with E-state index in [-0.39, 0.29) is 12.5 Å². The summed E-state index contributed by atoms with van der Waals surface area (Å²) in [5.74, 6) is 5.37. The zero-order valence-electron chi connectivity index (χ0n) is 11.2. The van der Waals surface area contributed by atoms with Crippen LogP contribution in [0, 0.1) is 11.8 Å². The number of thiophene rings is 1. The van der Waals surface area contributed by atoms with Gasteiger partial charge in [0.15, 0.2) is 0 Å². The molecule has 2 rings (SSSR count). The van der Waals surface area contributed by atoms with Crippen LogP contribution in [0.2, 0.25) is 0 Å². The Balaban J connectivity index is 2.05. The van der Waals surface area contributed by atoms with Crippen LogP contribution in [0.1, 0.15) is 20.1 Å². The molecule has 4 heteroatoms. The zero-order chi connectivity index (χ0) is 14.4. The maximum atomic E-state index is 12.3. The third-order valence-corrected chi connectivity index (χ3v) is 3.71. The molecule has 1 N–H and O–H groups in total. The Morgan fingerprint density at radius 1 is 1.25 bits per heavy atom. The molecule has 0 aliphatic heterocycles. The van der Waals surface area contributed by atoms with Gasteiger partial charge in [-0.3, -0.25) is 4.79 Å². The van der Waals surface area contributed by atoms with Gasteiger partial charge < -0.3 is 10.0 Å². The lowest BCUT2D eigenvalue weighted by atomic mass is 10.2. The summed E-state index contributed by atoms with van der Waals surface area (Å²) in [5, 5.41) is 8.65. The highest BCUT2D eigenvalue weighted by Crippen LogP contribution is 2.18. The van der Waals surface area contributed by atoms with Gasteiger partial charge in [0, 0.05) is 13.6 Å². The van der Waals surface area contributed by atoms with E-state index in [4.69, 9.17) is 5.11 Å². The Morgan fingerprint density at radius 3 is 2.70 bits per heavy atom. The van der Waals surface area contributed by atoms with Gasteiger partial charge in [-0.25, -0.2) is 0 Å². The largest absolute Gasteiger partial charge is 0.384 e. The van der Waals surface area contributed by atoms with Crippen molar-refractivity contribution < 1.29 is 9.90 Å². The monoisotopic (exact) mass is 285 g/mol. The van der Waals surface area contributed by atoms with Crippen molar-refractivity contribution in [1.82, 2.24) is 4.90 Å². The molecule has 0 bridgehead atoms. The second-order valence-corrected chi connectivity index (χ2v) is 5.35. The summed E-state index contributed by atoms with van der Waals surface area (Å²) < 4.78 is 0. The van der Waals surface area contributed by atoms with Crippen molar-refractivity contribution in [2.45, 2.75) is 6.54 Å². The molecular weight excluding hydrogens is 270 g/mol. The fourth-order valence-corrected chi connectivity index (χ4v) is 2.64. The number of carbonyl (C=O) groups is 1. The first-order valence-corrected chi connectivity index (χ1v) is 7.01. The predicted octanol–water partition coefficient (Wildman–Crippen LogP) is 2.36. The molecule has 0 saturated carbocycles. The van der Waals surface area contributed by atoms with Crippen LogP contribution in [0.4, 0.5) is 0 Å². The Morgan fingerprint density at radius 2 is 2.00 bits per heavy atom. The maximum Gasteiger partial charge on any atom is 0.264 e. The topological polar surface area (TPSA) is 40.5 Å². The molecule has 0 aliphatic carbocycles. The van der Waals surface area contributed by atoms with Gasteiger partial charge in [0.25, 0.3) is 5.91 Å². The van der Waals surface area contributed by atoms with E-state index in [9.17, 15) is 4.79 Å². The molecule has 0 radical (unpaired) electrons. The van der Waals surface area contributed by atoms with Crippen LogP contribution >= 0.6 is 11.3 Å². The minimum absolute atomic E-state index is 0.0177. The quantitative estimate of drug-likeness (QED) is 0.880. The summed E-state index contributed by atoms with van der Waals surface area (Å²) in [6.07, 6.45) is 0. The van der Waals surface area contributed by atoms with Crippen LogP contribution in [0.15, 0.2) is 42.5 Å². The molecule has 1 amide bonds. The number of amides is 1. The first-order chi connectivity index (χ1) is 9.70. The predicted molar refractivity (Wildman–Crippen MR) is 80.5 cm³/mol. The molecule has 3 nitrogen and oxygen atoms in total. The van der Waals surface area contributed by atoms with Gasteiger partial charge in [-0.1, -0.05) is 42.2 Å². The number of benzene rings is 1. The number of hydrogen-bond donors (Lipinski definition) is 1. The minimum atomic E-state index is -0.172. The van der Waals surface area contributed by atoms with Gasteiger partial charge in [0.05, 0.1) is 9.75 Å². The summed E-state index contributed by atoms with van der Waals surface area (Å²) in [5.41, 5.74) is 1.10. The van der Waals surface area contributed by atoms with Crippen LogP contribution in [-0.4, -0.2) is 29.6 Å². The van der Waals surface area contributed by atoms with Crippen molar-refractivity contribution in [3.8, 4) is 11.8 Å². The van der Waals surface area contributed by atoms with E-state index < -0.39 is 0 Å². The molecule has 0 atom stereocenters. The number of hydrogen-bond acceptors (Lipinski definition) is 3. The molecule has 0 saturated heterocycles. The molecule has 1 aromatic heterocycles. The van der Waals surface area contributed by atoms with Crippen LogP contribution in [0.25, 0.3) is 0 Å². The highest BCUT2D eigenvalue weighted by molar-refractivity contribution is 7.14. The van der Waals surface area contributed by atoms with Gasteiger partial charge in [0.2, 0.25) is 0 Å². The van der Waals surface area contributed by atoms with E-state index in [2.05, 4.69) is 11.8 Å². The summed E-state index contributed by atoms with van der Waals surface area (Å²) in [7, 11) is 1.79. The molecular formula is C16H15NO2S. The van der Waals surface area contributed by atoms with Crippen molar-refractivity contribution in [3.63, 3.8) is 0 Å². The van der Waals surface area contributed by atoms with E-state index in [0.717, 1.165) is 10.4 Å². The van der Waals surface area contributed by atoms with Crippen molar-refractivity contribution in [2.24, 2.45) is 0 Å². The zero-order valence-corrected chi connectivity index (χ0v) is 12.0. The highest BCUT2D eigenvalue weighted by Gasteiger charge is 2.14. The highest BCUT2D eigenvalue weighted by atomic mass is 32.1. The average Bonchev–Trinajstić information content (AvgIpc) is 2.94. The van der Waals surface area contributed by atoms with Gasteiger partial charge in [-0.2, -0.15) is 0 Å². The average molecular weight is 285 g/mol. The second-order valence-electron chi connectivity index (χ2n) is 4.27. The van der Waals surface area contributed by atoms with Crippen LogP contribution in [-0.2, 0) is 6.54 Å². The number of carbonyl (C=O) groups excluding carboxylic acids is 1. The number of rotatable bonds is 3. The Hall–Kier alpha value is -2.09. The Bertz CT molecular complexity index is 637. The van der Waals surface area contributed by atoms with Crippen LogP contribution in [0.5, 0.6) is 0 Å². The van der Waals surface area contributed by atoms with E-state index in [1.807, 2.05) is 30.3 Å². The molecule has 0 spiro atoms. The maximum absolute atomic E-state index is 12.3. The number of aliphatic hydroxyl groups excluding tert-OH is 1. The summed E-state index contributed by atoms with van der Waals surface area (Å²) in [4.78, 5) is 15.4. The molecule has 1 heterocycles. The van der Waals surface area contributed by atoms with E-state index in [1.54, 1.807) is 24.1 Å². The normalized spacial score (nSPS) is 9.70. The smallest absolute Gasteiger partial charge is 0.264 e. The number of aliphatic hydroxyl groups is 1. The van der Waals surface area contributed by atoms with E-state index in [0.29, 0.717) is 11.4 Å². The Kier molecular flexibility index (Phi) is 4.94. The lowest BCUT2D eigenvalue weighted by Gasteiger charge is -2.16. The SMILES string of the molecule is CN(Cc1ccccc1)C(=O)c1ccc(C#CCO)s1. The van der Waals surface area contributed by atoms with Gasteiger partial charge in [0.1, 0.15) is 6.61 Å². The standard InChI is InChI=1S/C16H15NO2S/c1-17(12-13-6-3-2-4-7-13)16(19)15-10-9-14(20-15)8-5-11-18/h2-4,6-7,9-10,18H,11-12H2,1H3. The molecule has 0 unspecified atom stereocenters. The third-order valence-electron chi connectivity index (χ3n) is 2.72. The van der Waals surface area contributed by atoms with E-state index >= 15 is 0 Å². The lowest BCUT2D eigenvalue weighted by molar-refractivity contribution is 0.0790. The first-order valence-electron chi connectivity index (χ1n) is 6.19. The summed E-state index contributed by atoms with van der Waals surface area (Å²) in [6, 6.07) is 13.4. The lowest BCUT2D eigenvalue weighted by Crippen LogP contribution is -2.25. The molecule has 20 heavy (non-hydrogen) atoms. The summed E-state index contributed by atoms with van der Waals surface area (Å²) in [6.45, 7) is 0.407. The fourth-order valence-electron chi connectivity index (χ4n) is 1.76. The van der Waals surface area contributed by atoms with Gasteiger partial charge >= 0.3 is 0 Å². The molecule has 102 valence electrons. The fraction of sp³-hybridized carbons (Fsp3) is 0.188. The second kappa shape index (κ2) is 6.90. The van der Waals surface area contributed by atoms with Gasteiger partial charge in [-0.05, 0) is 17.7 Å². The first kappa shape index (κ1) is 14.3. The van der Waals surface area contributed by atoms with Crippen molar-refractivity contribution >= 4 is 17.2 Å². The number of nitrogens with zero attached hydrogens (tertiary/aromatic N) is 1.